The number of hydrogen-bond acceptors (Lipinski definition) is 5. The van der Waals surface area contributed by atoms with E-state index in [2.05, 4.69) is 19.8 Å². The summed E-state index contributed by atoms with van der Waals surface area (Å²) in [5.41, 5.74) is 1.17. The molecular formula is C15H11N5O2S. The molecule has 0 spiro atoms. The highest BCUT2D eigenvalue weighted by molar-refractivity contribution is 7.93. The number of hydrogen-bond donors (Lipinski definition) is 1. The molecule has 0 saturated carbocycles. The highest BCUT2D eigenvalue weighted by Gasteiger charge is 2.19. The Morgan fingerprint density at radius 3 is 2.78 bits per heavy atom. The lowest BCUT2D eigenvalue weighted by molar-refractivity contribution is 0.601. The standard InChI is InChI=1S/C15H11N5O2S/c21-23(22,13-7-3-6-12-11(13)5-4-9-16-12)19-15-17-14-8-1-2-10-20(14)18-15/h1-10H,(H,18,19). The summed E-state index contributed by atoms with van der Waals surface area (Å²) in [7, 11) is -3.82. The first-order valence-electron chi connectivity index (χ1n) is 6.81. The van der Waals surface area contributed by atoms with Crippen LogP contribution in [0.5, 0.6) is 0 Å². The average molecular weight is 325 g/mol. The summed E-state index contributed by atoms with van der Waals surface area (Å²) in [6.45, 7) is 0. The summed E-state index contributed by atoms with van der Waals surface area (Å²) >= 11 is 0. The van der Waals surface area contributed by atoms with Crippen molar-refractivity contribution in [3.05, 3.63) is 60.9 Å². The molecule has 0 aliphatic rings. The minimum Gasteiger partial charge on any atom is -0.256 e. The number of rotatable bonds is 3. The average Bonchev–Trinajstić information content (AvgIpc) is 2.95. The van der Waals surface area contributed by atoms with E-state index in [0.717, 1.165) is 0 Å². The summed E-state index contributed by atoms with van der Waals surface area (Å²) in [5.74, 6) is 0.0251. The van der Waals surface area contributed by atoms with Crippen LogP contribution in [0.15, 0.2) is 65.8 Å². The maximum absolute atomic E-state index is 12.7. The van der Waals surface area contributed by atoms with Gasteiger partial charge in [0.2, 0.25) is 0 Å². The van der Waals surface area contributed by atoms with Gasteiger partial charge in [-0.15, -0.1) is 5.10 Å². The molecule has 1 aromatic carbocycles. The van der Waals surface area contributed by atoms with Crippen molar-refractivity contribution in [1.82, 2.24) is 19.6 Å². The van der Waals surface area contributed by atoms with Gasteiger partial charge in [-0.05, 0) is 36.4 Å². The van der Waals surface area contributed by atoms with Gasteiger partial charge in [-0.25, -0.2) is 17.7 Å². The van der Waals surface area contributed by atoms with Gasteiger partial charge in [0.15, 0.2) is 5.65 Å². The van der Waals surface area contributed by atoms with Crippen LogP contribution in [0.4, 0.5) is 5.95 Å². The third-order valence-electron chi connectivity index (χ3n) is 3.36. The fourth-order valence-corrected chi connectivity index (χ4v) is 3.52. The van der Waals surface area contributed by atoms with E-state index in [0.29, 0.717) is 16.6 Å². The monoisotopic (exact) mass is 325 g/mol. The molecular weight excluding hydrogens is 314 g/mol. The number of anilines is 1. The van der Waals surface area contributed by atoms with Crippen LogP contribution in [0.2, 0.25) is 0 Å². The van der Waals surface area contributed by atoms with Gasteiger partial charge in [-0.3, -0.25) is 4.98 Å². The Morgan fingerprint density at radius 2 is 1.91 bits per heavy atom. The number of fused-ring (bicyclic) bond motifs is 2. The third kappa shape index (κ3) is 2.38. The first-order chi connectivity index (χ1) is 11.1. The highest BCUT2D eigenvalue weighted by Crippen LogP contribution is 2.22. The van der Waals surface area contributed by atoms with E-state index in [1.54, 1.807) is 54.9 Å². The Balaban J connectivity index is 1.80. The van der Waals surface area contributed by atoms with E-state index in [4.69, 9.17) is 0 Å². The second kappa shape index (κ2) is 5.03. The minimum atomic E-state index is -3.82. The van der Waals surface area contributed by atoms with Crippen molar-refractivity contribution in [2.75, 3.05) is 4.72 Å². The second-order valence-corrected chi connectivity index (χ2v) is 6.52. The Hall–Kier alpha value is -3.00. The van der Waals surface area contributed by atoms with Crippen molar-refractivity contribution in [2.45, 2.75) is 4.90 Å². The smallest absolute Gasteiger partial charge is 0.256 e. The molecule has 4 aromatic rings. The quantitative estimate of drug-likeness (QED) is 0.623. The predicted octanol–water partition coefficient (Wildman–Crippen LogP) is 2.08. The molecule has 0 bridgehead atoms. The normalized spacial score (nSPS) is 11.8. The predicted molar refractivity (Wildman–Crippen MR) is 85.5 cm³/mol. The summed E-state index contributed by atoms with van der Waals surface area (Å²) in [6, 6.07) is 13.7. The van der Waals surface area contributed by atoms with Gasteiger partial charge in [-0.1, -0.05) is 12.1 Å². The van der Waals surface area contributed by atoms with Gasteiger partial charge >= 0.3 is 0 Å². The Kier molecular flexibility index (Phi) is 2.98. The van der Waals surface area contributed by atoms with Gasteiger partial charge in [0.25, 0.3) is 16.0 Å². The summed E-state index contributed by atoms with van der Waals surface area (Å²) in [6.07, 6.45) is 3.32. The number of nitrogens with one attached hydrogen (secondary N) is 1. The van der Waals surface area contributed by atoms with Gasteiger partial charge < -0.3 is 0 Å². The molecule has 0 fully saturated rings. The van der Waals surface area contributed by atoms with E-state index >= 15 is 0 Å². The first kappa shape index (κ1) is 13.6. The lowest BCUT2D eigenvalue weighted by atomic mass is 10.2. The number of sulfonamides is 1. The molecule has 1 N–H and O–H groups in total. The van der Waals surface area contributed by atoms with Crippen LogP contribution in [0, 0.1) is 0 Å². The van der Waals surface area contributed by atoms with Crippen LogP contribution in [0.25, 0.3) is 16.6 Å². The molecule has 0 aliphatic carbocycles. The van der Waals surface area contributed by atoms with Crippen molar-refractivity contribution in [3.8, 4) is 0 Å². The van der Waals surface area contributed by atoms with Crippen LogP contribution >= 0.6 is 0 Å². The van der Waals surface area contributed by atoms with E-state index < -0.39 is 10.0 Å². The molecule has 8 heteroatoms. The van der Waals surface area contributed by atoms with Crippen LogP contribution < -0.4 is 4.72 Å². The molecule has 4 rings (SSSR count). The van der Waals surface area contributed by atoms with Crippen molar-refractivity contribution < 1.29 is 8.42 Å². The Labute approximate surface area is 131 Å². The number of pyridine rings is 2. The van der Waals surface area contributed by atoms with E-state index in [9.17, 15) is 8.42 Å². The van der Waals surface area contributed by atoms with Crippen LogP contribution in [-0.2, 0) is 10.0 Å². The molecule has 114 valence electrons. The lowest BCUT2D eigenvalue weighted by Gasteiger charge is -2.07. The number of nitrogens with zero attached hydrogens (tertiary/aromatic N) is 4. The van der Waals surface area contributed by atoms with E-state index in [1.807, 2.05) is 0 Å². The van der Waals surface area contributed by atoms with E-state index in [1.165, 1.54) is 10.6 Å². The molecule has 0 amide bonds. The van der Waals surface area contributed by atoms with Crippen molar-refractivity contribution in [3.63, 3.8) is 0 Å². The van der Waals surface area contributed by atoms with E-state index in [-0.39, 0.29) is 10.8 Å². The number of aromatic nitrogens is 4. The Bertz CT molecular complexity index is 1080. The largest absolute Gasteiger partial charge is 0.264 e. The molecule has 0 radical (unpaired) electrons. The lowest BCUT2D eigenvalue weighted by Crippen LogP contribution is -2.14. The summed E-state index contributed by atoms with van der Waals surface area (Å²) in [5, 5.41) is 4.65. The zero-order valence-corrected chi connectivity index (χ0v) is 12.6. The van der Waals surface area contributed by atoms with Gasteiger partial charge in [0, 0.05) is 17.8 Å². The summed E-state index contributed by atoms with van der Waals surface area (Å²) in [4.78, 5) is 8.46. The first-order valence-corrected chi connectivity index (χ1v) is 8.30. The molecule has 0 aliphatic heterocycles. The van der Waals surface area contributed by atoms with Crippen LogP contribution in [0.3, 0.4) is 0 Å². The molecule has 23 heavy (non-hydrogen) atoms. The molecule has 3 heterocycles. The SMILES string of the molecule is O=S(=O)(Nc1nc2ccccn2n1)c1cccc2ncccc12. The van der Waals surface area contributed by atoms with Crippen molar-refractivity contribution in [2.24, 2.45) is 0 Å². The summed E-state index contributed by atoms with van der Waals surface area (Å²) < 4.78 is 29.2. The maximum Gasteiger partial charge on any atom is 0.264 e. The molecule has 3 aromatic heterocycles. The van der Waals surface area contributed by atoms with Gasteiger partial charge in [0.05, 0.1) is 10.4 Å². The molecule has 0 unspecified atom stereocenters. The zero-order chi connectivity index (χ0) is 15.9. The van der Waals surface area contributed by atoms with Gasteiger partial charge in [0.1, 0.15) is 0 Å². The maximum atomic E-state index is 12.7. The third-order valence-corrected chi connectivity index (χ3v) is 4.75. The highest BCUT2D eigenvalue weighted by atomic mass is 32.2. The Morgan fingerprint density at radius 1 is 1.00 bits per heavy atom. The molecule has 0 saturated heterocycles. The molecule has 7 nitrogen and oxygen atoms in total. The number of benzene rings is 1. The fraction of sp³-hybridized carbons (Fsp3) is 0. The minimum absolute atomic E-state index is 0.0251. The van der Waals surface area contributed by atoms with Gasteiger partial charge in [-0.2, -0.15) is 4.98 Å². The van der Waals surface area contributed by atoms with Crippen LogP contribution in [0.1, 0.15) is 0 Å². The van der Waals surface area contributed by atoms with Crippen molar-refractivity contribution in [1.29, 1.82) is 0 Å². The molecule has 0 atom stereocenters. The van der Waals surface area contributed by atoms with Crippen LogP contribution in [-0.4, -0.2) is 28.0 Å². The second-order valence-electron chi connectivity index (χ2n) is 4.87. The zero-order valence-electron chi connectivity index (χ0n) is 11.8. The fourth-order valence-electron chi connectivity index (χ4n) is 2.36. The topological polar surface area (TPSA) is 89.2 Å². The van der Waals surface area contributed by atoms with Crippen molar-refractivity contribution >= 4 is 32.5 Å².